The summed E-state index contributed by atoms with van der Waals surface area (Å²) >= 11 is 0. The van der Waals surface area contributed by atoms with Crippen molar-refractivity contribution in [3.8, 4) is 0 Å². The van der Waals surface area contributed by atoms with Gasteiger partial charge in [0.2, 0.25) is 0 Å². The number of carbonyl (C=O) groups is 4. The molecule has 0 saturated heterocycles. The third-order valence-electron chi connectivity index (χ3n) is 17.7. The Kier molecular flexibility index (Phi) is 66.5. The van der Waals surface area contributed by atoms with Gasteiger partial charge in [0.1, 0.15) is 19.3 Å². The first-order chi connectivity index (χ1) is 45.9. The van der Waals surface area contributed by atoms with Crippen LogP contribution in [0.5, 0.6) is 0 Å². The van der Waals surface area contributed by atoms with Crippen molar-refractivity contribution < 1.29 is 80.2 Å². The zero-order chi connectivity index (χ0) is 70.0. The molecule has 0 fully saturated rings. The van der Waals surface area contributed by atoms with Gasteiger partial charge in [0.05, 0.1) is 26.4 Å². The summed E-state index contributed by atoms with van der Waals surface area (Å²) in [5.41, 5.74) is 0. The molecule has 0 aromatic carbocycles. The lowest BCUT2D eigenvalue weighted by molar-refractivity contribution is -0.161. The molecule has 0 heterocycles. The Morgan fingerprint density at radius 2 is 0.484 bits per heavy atom. The molecule has 0 aliphatic carbocycles. The molecule has 0 aliphatic heterocycles. The van der Waals surface area contributed by atoms with E-state index in [-0.39, 0.29) is 25.7 Å². The van der Waals surface area contributed by atoms with E-state index in [1.807, 2.05) is 0 Å². The molecule has 19 heteroatoms. The predicted octanol–water partition coefficient (Wildman–Crippen LogP) is 22.3. The van der Waals surface area contributed by atoms with Crippen molar-refractivity contribution in [2.45, 2.75) is 413 Å². The second-order valence-corrected chi connectivity index (χ2v) is 31.3. The van der Waals surface area contributed by atoms with Crippen molar-refractivity contribution in [3.63, 3.8) is 0 Å². The van der Waals surface area contributed by atoms with Gasteiger partial charge in [-0.05, 0) is 37.5 Å². The van der Waals surface area contributed by atoms with Crippen molar-refractivity contribution in [1.29, 1.82) is 0 Å². The van der Waals surface area contributed by atoms with E-state index in [0.29, 0.717) is 31.6 Å². The van der Waals surface area contributed by atoms with E-state index in [1.54, 1.807) is 0 Å². The lowest BCUT2D eigenvalue weighted by Crippen LogP contribution is -2.30. The number of aliphatic hydroxyl groups excluding tert-OH is 1. The van der Waals surface area contributed by atoms with Crippen LogP contribution in [0.25, 0.3) is 0 Å². The minimum Gasteiger partial charge on any atom is -0.462 e. The highest BCUT2D eigenvalue weighted by Crippen LogP contribution is 2.45. The Labute approximate surface area is 581 Å². The second kappa shape index (κ2) is 67.9. The van der Waals surface area contributed by atoms with Gasteiger partial charge in [-0.1, -0.05) is 343 Å². The molecule has 0 radical (unpaired) electrons. The van der Waals surface area contributed by atoms with E-state index < -0.39 is 97.5 Å². The Hall–Kier alpha value is -1.94. The normalized spacial score (nSPS) is 14.0. The molecule has 2 unspecified atom stereocenters. The predicted molar refractivity (Wildman–Crippen MR) is 386 cm³/mol. The molecule has 0 aliphatic rings. The number of aliphatic hydroxyl groups is 1. The van der Waals surface area contributed by atoms with E-state index in [4.69, 9.17) is 37.0 Å². The first kappa shape index (κ1) is 93.1. The summed E-state index contributed by atoms with van der Waals surface area (Å²) in [4.78, 5) is 72.7. The number of carbonyl (C=O) groups excluding carboxylic acids is 4. The fourth-order valence-electron chi connectivity index (χ4n) is 11.7. The van der Waals surface area contributed by atoms with Crippen LogP contribution in [0.2, 0.25) is 0 Å². The van der Waals surface area contributed by atoms with Gasteiger partial charge in [0.25, 0.3) is 0 Å². The number of phosphoric ester groups is 2. The van der Waals surface area contributed by atoms with E-state index in [9.17, 15) is 43.2 Å². The summed E-state index contributed by atoms with van der Waals surface area (Å²) in [6, 6.07) is 0. The van der Waals surface area contributed by atoms with Gasteiger partial charge in [-0.2, -0.15) is 0 Å². The van der Waals surface area contributed by atoms with Crippen LogP contribution in [0.3, 0.4) is 0 Å². The Bertz CT molecular complexity index is 1840. The quantitative estimate of drug-likeness (QED) is 0.0222. The molecule has 17 nitrogen and oxygen atoms in total. The van der Waals surface area contributed by atoms with Gasteiger partial charge in [-0.15, -0.1) is 0 Å². The average molecular weight is 1400 g/mol. The summed E-state index contributed by atoms with van der Waals surface area (Å²) < 4.78 is 68.4. The molecule has 95 heavy (non-hydrogen) atoms. The molecule has 0 aromatic rings. The SMILES string of the molecule is CCCCCCCCCCCCCCCCCCCCC(=O)OC[C@H](COP(=O)(O)OC[C@@H](O)COP(=O)(O)OC[C@@H](COC(=O)CCCCCCCCCCC)OC(=O)CCCCCCCCCC(C)C)OC(=O)CCCCCCCCCCCCCCCCCC(C)C. The highest BCUT2D eigenvalue weighted by Gasteiger charge is 2.30. The molecule has 0 saturated carbocycles. The third-order valence-corrected chi connectivity index (χ3v) is 19.6. The van der Waals surface area contributed by atoms with E-state index in [0.717, 1.165) is 95.8 Å². The van der Waals surface area contributed by atoms with Crippen molar-refractivity contribution in [2.24, 2.45) is 11.8 Å². The van der Waals surface area contributed by atoms with Crippen LogP contribution in [-0.4, -0.2) is 96.7 Å². The Morgan fingerprint density at radius 1 is 0.284 bits per heavy atom. The zero-order valence-electron chi connectivity index (χ0n) is 62.0. The fraction of sp³-hybridized carbons (Fsp3) is 0.947. The molecular weight excluding hydrogens is 1250 g/mol. The van der Waals surface area contributed by atoms with Gasteiger partial charge in [0, 0.05) is 25.7 Å². The standard InChI is InChI=1S/C76H148O17P2/c1-7-9-11-13-15-17-18-19-20-21-22-25-28-31-35-41-47-53-59-74(79)87-64-71(92-75(80)60-54-48-42-36-32-29-26-23-24-27-30-34-38-44-50-56-68(3)4)66-90-94(82,83)88-62-70(77)63-89-95(84,85)91-67-72(65-86-73(78)58-52-46-40-33-16-14-12-10-8-2)93-76(81)61-55-49-43-37-39-45-51-57-69(5)6/h68-72,77H,7-67H2,1-6H3,(H,82,83)(H,84,85)/t70-,71-,72-/m1/s1. The molecular formula is C76H148O17P2. The van der Waals surface area contributed by atoms with Gasteiger partial charge in [-0.3, -0.25) is 37.3 Å². The number of rotatable bonds is 75. The van der Waals surface area contributed by atoms with Crippen LogP contribution < -0.4 is 0 Å². The number of hydrogen-bond acceptors (Lipinski definition) is 15. The minimum atomic E-state index is -4.96. The molecule has 3 N–H and O–H groups in total. The number of ether oxygens (including phenoxy) is 4. The van der Waals surface area contributed by atoms with E-state index >= 15 is 0 Å². The first-order valence-corrected chi connectivity index (χ1v) is 42.5. The van der Waals surface area contributed by atoms with Gasteiger partial charge >= 0.3 is 39.5 Å². The van der Waals surface area contributed by atoms with Crippen LogP contribution in [0, 0.1) is 11.8 Å². The molecule has 0 spiro atoms. The third kappa shape index (κ3) is 70.3. The van der Waals surface area contributed by atoms with Crippen LogP contribution in [0.1, 0.15) is 395 Å². The molecule has 564 valence electrons. The molecule has 5 atom stereocenters. The number of hydrogen-bond donors (Lipinski definition) is 3. The molecule has 0 rings (SSSR count). The fourth-order valence-corrected chi connectivity index (χ4v) is 13.2. The molecule has 0 bridgehead atoms. The van der Waals surface area contributed by atoms with Crippen molar-refractivity contribution in [3.05, 3.63) is 0 Å². The van der Waals surface area contributed by atoms with Gasteiger partial charge in [-0.25, -0.2) is 9.13 Å². The summed E-state index contributed by atoms with van der Waals surface area (Å²) in [5, 5.41) is 10.6. The number of phosphoric acid groups is 2. The molecule has 0 amide bonds. The largest absolute Gasteiger partial charge is 0.472 e. The topological polar surface area (TPSA) is 237 Å². The van der Waals surface area contributed by atoms with Crippen molar-refractivity contribution in [2.75, 3.05) is 39.6 Å². The Morgan fingerprint density at radius 3 is 0.716 bits per heavy atom. The summed E-state index contributed by atoms with van der Waals surface area (Å²) in [6.07, 6.45) is 55.7. The monoisotopic (exact) mass is 1400 g/mol. The van der Waals surface area contributed by atoms with Crippen LogP contribution in [-0.2, 0) is 65.4 Å². The number of esters is 4. The first-order valence-electron chi connectivity index (χ1n) is 39.5. The highest BCUT2D eigenvalue weighted by atomic mass is 31.2. The van der Waals surface area contributed by atoms with Crippen LogP contribution in [0.4, 0.5) is 0 Å². The maximum absolute atomic E-state index is 13.1. The maximum atomic E-state index is 13.1. The average Bonchev–Trinajstić information content (AvgIpc) is 1.27. The smallest absolute Gasteiger partial charge is 0.462 e. The van der Waals surface area contributed by atoms with Crippen molar-refractivity contribution >= 4 is 39.5 Å². The summed E-state index contributed by atoms with van der Waals surface area (Å²) in [5.74, 6) is -0.621. The summed E-state index contributed by atoms with van der Waals surface area (Å²) in [6.45, 7) is 9.54. The minimum absolute atomic E-state index is 0.104. The van der Waals surface area contributed by atoms with Gasteiger partial charge in [0.15, 0.2) is 12.2 Å². The lowest BCUT2D eigenvalue weighted by Gasteiger charge is -2.21. The van der Waals surface area contributed by atoms with Gasteiger partial charge < -0.3 is 33.8 Å². The lowest BCUT2D eigenvalue weighted by atomic mass is 10.0. The van der Waals surface area contributed by atoms with Crippen LogP contribution >= 0.6 is 15.6 Å². The molecule has 0 aromatic heterocycles. The summed E-state index contributed by atoms with van der Waals surface area (Å²) in [7, 11) is -9.91. The van der Waals surface area contributed by atoms with E-state index in [2.05, 4.69) is 41.5 Å². The van der Waals surface area contributed by atoms with Crippen LogP contribution in [0.15, 0.2) is 0 Å². The van der Waals surface area contributed by atoms with E-state index in [1.165, 1.54) is 212 Å². The zero-order valence-corrected chi connectivity index (χ0v) is 63.8. The number of unbranched alkanes of at least 4 members (excludes halogenated alkanes) is 45. The van der Waals surface area contributed by atoms with Crippen molar-refractivity contribution in [1.82, 2.24) is 0 Å². The maximum Gasteiger partial charge on any atom is 0.472 e. The second-order valence-electron chi connectivity index (χ2n) is 28.3. The Balaban J connectivity index is 5.20. The highest BCUT2D eigenvalue weighted by molar-refractivity contribution is 7.47.